The molecule has 0 unspecified atom stereocenters. The number of hydrogen-bond acceptors (Lipinski definition) is 1. The van der Waals surface area contributed by atoms with Gasteiger partial charge in [-0.15, -0.1) is 0 Å². The van der Waals surface area contributed by atoms with E-state index < -0.39 is 11.7 Å². The summed E-state index contributed by atoms with van der Waals surface area (Å²) in [5.41, 5.74) is 0.708. The van der Waals surface area contributed by atoms with Gasteiger partial charge in [-0.25, -0.2) is 0 Å². The van der Waals surface area contributed by atoms with Crippen molar-refractivity contribution in [3.05, 3.63) is 65.7 Å². The topological polar surface area (TPSA) is 20.2 Å². The van der Waals surface area contributed by atoms with Gasteiger partial charge in [-0.1, -0.05) is 57.5 Å². The van der Waals surface area contributed by atoms with E-state index in [4.69, 9.17) is 5.11 Å². The molecule has 0 aliphatic carbocycles. The van der Waals surface area contributed by atoms with Gasteiger partial charge in [-0.3, -0.25) is 0 Å². The predicted molar refractivity (Wildman–Crippen MR) is 89.5 cm³/mol. The molecule has 0 saturated heterocycles. The normalized spacial score (nSPS) is 10.0. The second kappa shape index (κ2) is 11.6. The molecule has 1 N–H and O–H groups in total. The monoisotopic (exact) mass is 326 g/mol. The van der Waals surface area contributed by atoms with Crippen LogP contribution in [0.3, 0.4) is 0 Å². The Morgan fingerprint density at radius 2 is 1.39 bits per heavy atom. The SMILES string of the molecule is CC.CCCCc1ccccc1.Oc1ccc(C(F)(F)F)cc1. The molecule has 2 rings (SSSR count). The number of unbranched alkanes of at least 4 members (excludes halogenated alkanes) is 1. The molecular weight excluding hydrogens is 301 g/mol. The molecule has 0 atom stereocenters. The predicted octanol–water partition coefficient (Wildman–Crippen LogP) is 6.47. The number of rotatable bonds is 3. The molecule has 2 aromatic rings. The van der Waals surface area contributed by atoms with E-state index in [9.17, 15) is 13.2 Å². The van der Waals surface area contributed by atoms with E-state index in [0.717, 1.165) is 24.3 Å². The molecule has 0 radical (unpaired) electrons. The van der Waals surface area contributed by atoms with Gasteiger partial charge >= 0.3 is 6.18 Å². The van der Waals surface area contributed by atoms with Gasteiger partial charge in [0, 0.05) is 0 Å². The Morgan fingerprint density at radius 1 is 0.870 bits per heavy atom. The van der Waals surface area contributed by atoms with E-state index in [1.807, 2.05) is 13.8 Å². The first-order valence-corrected chi connectivity index (χ1v) is 7.83. The number of halogens is 3. The standard InChI is InChI=1S/C10H14.C7H5F3O.C2H6/c1-2-3-7-10-8-5-4-6-9-10;8-7(9,10)5-1-3-6(11)4-2-5;1-2/h4-6,8-9H,2-3,7H2,1H3;1-4,11H;1-2H3. The molecule has 128 valence electrons. The molecule has 0 fully saturated rings. The van der Waals surface area contributed by atoms with Crippen LogP contribution in [0.25, 0.3) is 0 Å². The second-order valence-electron chi connectivity index (χ2n) is 4.63. The van der Waals surface area contributed by atoms with Crippen LogP contribution in [0.2, 0.25) is 0 Å². The Bertz CT molecular complexity index is 504. The fourth-order valence-corrected chi connectivity index (χ4v) is 1.68. The number of phenolic OH excluding ortho intramolecular Hbond substituents is 1. The third-order valence-electron chi connectivity index (χ3n) is 2.86. The molecular formula is C19H25F3O. The zero-order valence-electron chi connectivity index (χ0n) is 13.9. The van der Waals surface area contributed by atoms with Gasteiger partial charge in [-0.05, 0) is 42.7 Å². The van der Waals surface area contributed by atoms with Gasteiger partial charge in [0.1, 0.15) is 5.75 Å². The highest BCUT2D eigenvalue weighted by Gasteiger charge is 2.29. The van der Waals surface area contributed by atoms with Gasteiger partial charge < -0.3 is 5.11 Å². The Hall–Kier alpha value is -1.97. The van der Waals surface area contributed by atoms with Crippen molar-refractivity contribution < 1.29 is 18.3 Å². The lowest BCUT2D eigenvalue weighted by Crippen LogP contribution is -2.03. The van der Waals surface area contributed by atoms with Crippen molar-refractivity contribution in [3.8, 4) is 5.75 Å². The molecule has 0 heterocycles. The first kappa shape index (κ1) is 21.0. The number of aromatic hydroxyl groups is 1. The van der Waals surface area contributed by atoms with Gasteiger partial charge in [0.15, 0.2) is 0 Å². The summed E-state index contributed by atoms with van der Waals surface area (Å²) in [6.45, 7) is 6.23. The molecule has 1 nitrogen and oxygen atoms in total. The largest absolute Gasteiger partial charge is 0.508 e. The van der Waals surface area contributed by atoms with Crippen molar-refractivity contribution in [2.45, 2.75) is 46.2 Å². The minimum absolute atomic E-state index is 0.169. The minimum Gasteiger partial charge on any atom is -0.508 e. The van der Waals surface area contributed by atoms with Crippen molar-refractivity contribution in [2.24, 2.45) is 0 Å². The summed E-state index contributed by atoms with van der Waals surface area (Å²) in [7, 11) is 0. The smallest absolute Gasteiger partial charge is 0.416 e. The van der Waals surface area contributed by atoms with E-state index in [-0.39, 0.29) is 5.75 Å². The highest BCUT2D eigenvalue weighted by molar-refractivity contribution is 5.27. The van der Waals surface area contributed by atoms with E-state index in [1.54, 1.807) is 0 Å². The lowest BCUT2D eigenvalue weighted by atomic mass is 10.1. The lowest BCUT2D eigenvalue weighted by Gasteiger charge is -2.04. The highest BCUT2D eigenvalue weighted by Crippen LogP contribution is 2.29. The van der Waals surface area contributed by atoms with Crippen LogP contribution in [0.15, 0.2) is 54.6 Å². The third-order valence-corrected chi connectivity index (χ3v) is 2.86. The van der Waals surface area contributed by atoms with Crippen molar-refractivity contribution in [1.29, 1.82) is 0 Å². The maximum Gasteiger partial charge on any atom is 0.416 e. The highest BCUT2D eigenvalue weighted by atomic mass is 19.4. The number of aryl methyl sites for hydroxylation is 1. The quantitative estimate of drug-likeness (QED) is 0.685. The summed E-state index contributed by atoms with van der Waals surface area (Å²) in [5.74, 6) is -0.169. The second-order valence-corrected chi connectivity index (χ2v) is 4.63. The number of benzene rings is 2. The summed E-state index contributed by atoms with van der Waals surface area (Å²) in [6, 6.07) is 14.3. The molecule has 0 bridgehead atoms. The van der Waals surface area contributed by atoms with Crippen LogP contribution in [-0.4, -0.2) is 5.11 Å². The maximum absolute atomic E-state index is 11.8. The van der Waals surface area contributed by atoms with Gasteiger partial charge in [0.05, 0.1) is 5.56 Å². The summed E-state index contributed by atoms with van der Waals surface area (Å²) in [6.07, 6.45) is -0.496. The van der Waals surface area contributed by atoms with Crippen molar-refractivity contribution >= 4 is 0 Å². The molecule has 0 aliphatic heterocycles. The summed E-state index contributed by atoms with van der Waals surface area (Å²) in [4.78, 5) is 0. The van der Waals surface area contributed by atoms with Gasteiger partial charge in [0.25, 0.3) is 0 Å². The summed E-state index contributed by atoms with van der Waals surface area (Å²) in [5, 5.41) is 8.66. The molecule has 0 aliphatic rings. The number of alkyl halides is 3. The molecule has 0 saturated carbocycles. The molecule has 23 heavy (non-hydrogen) atoms. The van der Waals surface area contributed by atoms with Gasteiger partial charge in [0.2, 0.25) is 0 Å². The van der Waals surface area contributed by atoms with Crippen LogP contribution in [-0.2, 0) is 12.6 Å². The van der Waals surface area contributed by atoms with Crippen molar-refractivity contribution in [3.63, 3.8) is 0 Å². The van der Waals surface area contributed by atoms with Crippen LogP contribution in [0.5, 0.6) is 5.75 Å². The van der Waals surface area contributed by atoms with Crippen molar-refractivity contribution in [2.75, 3.05) is 0 Å². The molecule has 2 aromatic carbocycles. The zero-order valence-corrected chi connectivity index (χ0v) is 13.9. The van der Waals surface area contributed by atoms with Crippen LogP contribution in [0.4, 0.5) is 13.2 Å². The summed E-state index contributed by atoms with van der Waals surface area (Å²) >= 11 is 0. The average molecular weight is 326 g/mol. The van der Waals surface area contributed by atoms with Crippen LogP contribution in [0.1, 0.15) is 44.7 Å². The fourth-order valence-electron chi connectivity index (χ4n) is 1.68. The average Bonchev–Trinajstić information content (AvgIpc) is 2.56. The van der Waals surface area contributed by atoms with E-state index in [2.05, 4.69) is 37.3 Å². The van der Waals surface area contributed by atoms with Crippen molar-refractivity contribution in [1.82, 2.24) is 0 Å². The van der Waals surface area contributed by atoms with E-state index in [1.165, 1.54) is 24.8 Å². The molecule has 4 heteroatoms. The van der Waals surface area contributed by atoms with Gasteiger partial charge in [-0.2, -0.15) is 13.2 Å². The summed E-state index contributed by atoms with van der Waals surface area (Å²) < 4.78 is 35.5. The van der Waals surface area contributed by atoms with Crippen LogP contribution in [0, 0.1) is 0 Å². The first-order valence-electron chi connectivity index (χ1n) is 7.83. The Labute approximate surface area is 136 Å². The molecule has 0 aromatic heterocycles. The minimum atomic E-state index is -4.33. The lowest BCUT2D eigenvalue weighted by molar-refractivity contribution is -0.137. The fraction of sp³-hybridized carbons (Fsp3) is 0.368. The number of hydrogen-bond donors (Lipinski definition) is 1. The molecule has 0 amide bonds. The Balaban J connectivity index is 0.000000381. The molecule has 0 spiro atoms. The van der Waals surface area contributed by atoms with E-state index >= 15 is 0 Å². The van der Waals surface area contributed by atoms with Crippen LogP contribution >= 0.6 is 0 Å². The van der Waals surface area contributed by atoms with E-state index in [0.29, 0.717) is 0 Å². The Kier molecular flexibility index (Phi) is 10.6. The van der Waals surface area contributed by atoms with Crippen LogP contribution < -0.4 is 0 Å². The maximum atomic E-state index is 11.8. The first-order chi connectivity index (χ1) is 10.9. The number of phenols is 1. The zero-order chi connectivity index (χ0) is 17.7. The Morgan fingerprint density at radius 3 is 1.83 bits per heavy atom. The third kappa shape index (κ3) is 9.61.